The van der Waals surface area contributed by atoms with Crippen LogP contribution in [0.5, 0.6) is 0 Å². The zero-order valence-corrected chi connectivity index (χ0v) is 22.2. The number of hydrogen-bond donors (Lipinski definition) is 0. The molecule has 0 fully saturated rings. The van der Waals surface area contributed by atoms with Gasteiger partial charge in [-0.2, -0.15) is 0 Å². The van der Waals surface area contributed by atoms with Crippen LogP contribution >= 0.6 is 0 Å². The van der Waals surface area contributed by atoms with Crippen molar-refractivity contribution in [3.05, 3.63) is 30.9 Å². The lowest BCUT2D eigenvalue weighted by Crippen LogP contribution is -2.57. The van der Waals surface area contributed by atoms with Gasteiger partial charge in [0.05, 0.1) is 12.6 Å². The summed E-state index contributed by atoms with van der Waals surface area (Å²) < 4.78 is 15.6. The van der Waals surface area contributed by atoms with Crippen LogP contribution in [0.25, 0.3) is 0 Å². The van der Waals surface area contributed by atoms with Crippen LogP contribution in [-0.2, 0) is 16.2 Å². The third kappa shape index (κ3) is 7.09. The first-order chi connectivity index (χ1) is 14.2. The minimum absolute atomic E-state index is 0.191. The van der Waals surface area contributed by atoms with Crippen LogP contribution in [0.1, 0.15) is 46.0 Å². The van der Waals surface area contributed by atoms with Crippen molar-refractivity contribution in [1.82, 2.24) is 14.1 Å². The standard InChI is InChI=1S/C22H43N3O3Si2/c1-9-14-20(25(22(26)28-10-2)30(11-3,12-4)13-5)21-23-15-16-24(21)19-27-17-18-29(6,7)8/h9,15-16,20H,1,10-14,17-19H2,2-8H3. The highest BCUT2D eigenvalue weighted by Crippen LogP contribution is 2.36. The van der Waals surface area contributed by atoms with Crippen molar-refractivity contribution in [2.75, 3.05) is 13.2 Å². The van der Waals surface area contributed by atoms with Crippen LogP contribution in [0.3, 0.4) is 0 Å². The van der Waals surface area contributed by atoms with Gasteiger partial charge in [0.2, 0.25) is 0 Å². The minimum atomic E-state index is -2.07. The van der Waals surface area contributed by atoms with E-state index in [-0.39, 0.29) is 12.1 Å². The third-order valence-corrected chi connectivity index (χ3v) is 13.1. The van der Waals surface area contributed by atoms with Crippen molar-refractivity contribution in [2.24, 2.45) is 0 Å². The van der Waals surface area contributed by atoms with Crippen molar-refractivity contribution in [3.8, 4) is 0 Å². The van der Waals surface area contributed by atoms with E-state index in [2.05, 4.69) is 56.5 Å². The maximum atomic E-state index is 13.2. The Hall–Kier alpha value is -1.39. The highest BCUT2D eigenvalue weighted by atomic mass is 28.3. The Kier molecular flexibility index (Phi) is 11.1. The predicted octanol–water partition coefficient (Wildman–Crippen LogP) is 6.28. The normalized spacial score (nSPS) is 13.2. The maximum Gasteiger partial charge on any atom is 0.402 e. The molecule has 0 aromatic carbocycles. The molecular weight excluding hydrogens is 410 g/mol. The molecule has 1 aromatic heterocycles. The molecule has 0 aliphatic carbocycles. The van der Waals surface area contributed by atoms with Gasteiger partial charge in [0.15, 0.2) is 8.24 Å². The van der Waals surface area contributed by atoms with E-state index in [1.165, 1.54) is 0 Å². The van der Waals surface area contributed by atoms with Crippen LogP contribution in [-0.4, -0.2) is 49.7 Å². The molecule has 1 heterocycles. The van der Waals surface area contributed by atoms with Gasteiger partial charge in [0.25, 0.3) is 0 Å². The lowest BCUT2D eigenvalue weighted by Gasteiger charge is -2.44. The summed E-state index contributed by atoms with van der Waals surface area (Å²) in [6, 6.07) is 3.89. The summed E-state index contributed by atoms with van der Waals surface area (Å²) in [6.45, 7) is 21.0. The summed E-state index contributed by atoms with van der Waals surface area (Å²) >= 11 is 0. The van der Waals surface area contributed by atoms with E-state index in [1.54, 1.807) is 6.20 Å². The van der Waals surface area contributed by atoms with Gasteiger partial charge >= 0.3 is 6.09 Å². The number of imidazole rings is 1. The number of rotatable bonds is 14. The Balaban J connectivity index is 3.25. The van der Waals surface area contributed by atoms with Gasteiger partial charge in [0.1, 0.15) is 12.6 Å². The van der Waals surface area contributed by atoms with Crippen molar-refractivity contribution in [1.29, 1.82) is 0 Å². The molecular formula is C22H43N3O3Si2. The average Bonchev–Trinajstić information content (AvgIpc) is 3.16. The molecule has 1 amide bonds. The van der Waals surface area contributed by atoms with E-state index >= 15 is 0 Å². The largest absolute Gasteiger partial charge is 0.450 e. The fourth-order valence-electron chi connectivity index (χ4n) is 3.86. The van der Waals surface area contributed by atoms with E-state index in [0.717, 1.165) is 36.6 Å². The van der Waals surface area contributed by atoms with Gasteiger partial charge in [-0.15, -0.1) is 6.58 Å². The molecule has 0 aliphatic rings. The maximum absolute atomic E-state index is 13.2. The number of carbonyl (C=O) groups is 1. The van der Waals surface area contributed by atoms with E-state index in [1.807, 2.05) is 23.8 Å². The number of hydrogen-bond acceptors (Lipinski definition) is 4. The van der Waals surface area contributed by atoms with E-state index in [9.17, 15) is 4.79 Å². The van der Waals surface area contributed by atoms with Crippen molar-refractivity contribution in [3.63, 3.8) is 0 Å². The van der Waals surface area contributed by atoms with E-state index in [4.69, 9.17) is 9.47 Å². The smallest absolute Gasteiger partial charge is 0.402 e. The summed E-state index contributed by atoms with van der Waals surface area (Å²) in [5.74, 6) is 0.850. The van der Waals surface area contributed by atoms with Crippen molar-refractivity contribution in [2.45, 2.75) is 90.7 Å². The number of aromatic nitrogens is 2. The van der Waals surface area contributed by atoms with Gasteiger partial charge in [-0.1, -0.05) is 46.5 Å². The van der Waals surface area contributed by atoms with Gasteiger partial charge in [-0.05, 0) is 37.5 Å². The van der Waals surface area contributed by atoms with Crippen LogP contribution in [0, 0.1) is 0 Å². The zero-order chi connectivity index (χ0) is 22.8. The van der Waals surface area contributed by atoms with Gasteiger partial charge in [-0.25, -0.2) is 9.78 Å². The molecule has 0 N–H and O–H groups in total. The molecule has 30 heavy (non-hydrogen) atoms. The first-order valence-corrected chi connectivity index (χ1v) is 17.6. The fraction of sp³-hybridized carbons (Fsp3) is 0.727. The Morgan fingerprint density at radius 3 is 2.37 bits per heavy atom. The summed E-state index contributed by atoms with van der Waals surface area (Å²) in [6.07, 6.45) is 6.03. The lowest BCUT2D eigenvalue weighted by molar-refractivity contribution is 0.0797. The molecule has 172 valence electrons. The van der Waals surface area contributed by atoms with Crippen LogP contribution in [0.4, 0.5) is 4.79 Å². The van der Waals surface area contributed by atoms with E-state index < -0.39 is 16.3 Å². The fourth-order valence-corrected chi connectivity index (χ4v) is 8.47. The minimum Gasteiger partial charge on any atom is -0.450 e. The number of carbonyl (C=O) groups excluding carboxylic acids is 1. The molecule has 0 aliphatic heterocycles. The van der Waals surface area contributed by atoms with E-state index in [0.29, 0.717) is 19.8 Å². The number of ether oxygens (including phenoxy) is 2. The Labute approximate surface area is 185 Å². The first kappa shape index (κ1) is 26.6. The summed E-state index contributed by atoms with van der Waals surface area (Å²) in [5.41, 5.74) is 0. The topological polar surface area (TPSA) is 56.6 Å². The molecule has 0 saturated carbocycles. The SMILES string of the molecule is C=CCC(c1nccn1COCC[Si](C)(C)C)N(C(=O)OCC)[Si](CC)(CC)CC. The zero-order valence-electron chi connectivity index (χ0n) is 20.2. The molecule has 1 atom stereocenters. The third-order valence-electron chi connectivity index (χ3n) is 5.92. The van der Waals surface area contributed by atoms with Crippen LogP contribution in [0.15, 0.2) is 25.0 Å². The molecule has 8 heteroatoms. The molecule has 1 rings (SSSR count). The molecule has 0 bridgehead atoms. The average molecular weight is 454 g/mol. The van der Waals surface area contributed by atoms with Crippen molar-refractivity contribution >= 4 is 22.4 Å². The molecule has 0 spiro atoms. The quantitative estimate of drug-likeness (QED) is 0.189. The number of nitrogens with zero attached hydrogens (tertiary/aromatic N) is 3. The monoisotopic (exact) mass is 453 g/mol. The predicted molar refractivity (Wildman–Crippen MR) is 130 cm³/mol. The first-order valence-electron chi connectivity index (χ1n) is 11.3. The second-order valence-corrected chi connectivity index (χ2v) is 19.7. The summed E-state index contributed by atoms with van der Waals surface area (Å²) in [5, 5.41) is 0. The highest BCUT2D eigenvalue weighted by Gasteiger charge is 2.44. The second-order valence-electron chi connectivity index (χ2n) is 9.00. The van der Waals surface area contributed by atoms with Crippen molar-refractivity contribution < 1.29 is 14.3 Å². The molecule has 6 nitrogen and oxygen atoms in total. The molecule has 1 unspecified atom stereocenters. The number of amides is 1. The molecule has 1 aromatic rings. The Bertz CT molecular complexity index is 646. The summed E-state index contributed by atoms with van der Waals surface area (Å²) in [4.78, 5) is 17.9. The Morgan fingerprint density at radius 1 is 1.23 bits per heavy atom. The van der Waals surface area contributed by atoms with Gasteiger partial charge in [0, 0.05) is 27.1 Å². The second kappa shape index (κ2) is 12.5. The highest BCUT2D eigenvalue weighted by molar-refractivity contribution is 6.78. The lowest BCUT2D eigenvalue weighted by atomic mass is 10.2. The molecule has 0 saturated heterocycles. The summed E-state index contributed by atoms with van der Waals surface area (Å²) in [7, 11) is -3.20. The van der Waals surface area contributed by atoms with Crippen LogP contribution < -0.4 is 0 Å². The van der Waals surface area contributed by atoms with Gasteiger partial charge in [-0.3, -0.25) is 0 Å². The Morgan fingerprint density at radius 2 is 1.87 bits per heavy atom. The molecule has 0 radical (unpaired) electrons. The van der Waals surface area contributed by atoms with Gasteiger partial charge < -0.3 is 18.6 Å². The van der Waals surface area contributed by atoms with Crippen LogP contribution in [0.2, 0.25) is 43.8 Å².